The minimum atomic E-state index is 0.761. The molecule has 0 fully saturated rings. The highest BCUT2D eigenvalue weighted by molar-refractivity contribution is 14.2. The Kier molecular flexibility index (Phi) is 3.80. The van der Waals surface area contributed by atoms with E-state index in [2.05, 4.69) is 41.9 Å². The van der Waals surface area contributed by atoms with Gasteiger partial charge in [-0.15, -0.1) is 0 Å². The summed E-state index contributed by atoms with van der Waals surface area (Å²) < 4.78 is 4.09. The number of nitrogen functional groups attached to an aromatic ring is 1. The molecular formula is C6H6BrIN2S. The van der Waals surface area contributed by atoms with Crippen LogP contribution in [0.3, 0.4) is 0 Å². The zero-order chi connectivity index (χ0) is 8.27. The Hall–Kier alpha value is 0.380. The van der Waals surface area contributed by atoms with Crippen molar-refractivity contribution in [1.29, 1.82) is 0 Å². The Labute approximate surface area is 90.2 Å². The Morgan fingerprint density at radius 2 is 2.27 bits per heavy atom. The van der Waals surface area contributed by atoms with E-state index in [0.29, 0.717) is 0 Å². The van der Waals surface area contributed by atoms with Crippen LogP contribution >= 0.6 is 46.3 Å². The van der Waals surface area contributed by atoms with Gasteiger partial charge in [0.15, 0.2) is 0 Å². The van der Waals surface area contributed by atoms with Crippen molar-refractivity contribution in [3.8, 4) is 0 Å². The molecule has 0 radical (unpaired) electrons. The van der Waals surface area contributed by atoms with Crippen LogP contribution in [0.25, 0.3) is 0 Å². The number of halogens is 2. The van der Waals surface area contributed by atoms with Crippen molar-refractivity contribution >= 4 is 57.6 Å². The molecule has 1 aromatic carbocycles. The quantitative estimate of drug-likeness (QED) is 0.490. The molecule has 5 heteroatoms. The summed E-state index contributed by atoms with van der Waals surface area (Å²) in [5, 5.41) is 0. The summed E-state index contributed by atoms with van der Waals surface area (Å²) in [6.07, 6.45) is 0. The maximum atomic E-state index is 5.68. The summed E-state index contributed by atoms with van der Waals surface area (Å²) in [4.78, 5) is 0. The molecule has 0 aliphatic heterocycles. The van der Waals surface area contributed by atoms with Crippen LogP contribution in [-0.2, 0) is 0 Å². The third-order valence-corrected chi connectivity index (χ3v) is 2.61. The van der Waals surface area contributed by atoms with Crippen LogP contribution < -0.4 is 10.5 Å². The van der Waals surface area contributed by atoms with Gasteiger partial charge in [0.2, 0.25) is 0 Å². The molecule has 1 rings (SSSR count). The van der Waals surface area contributed by atoms with Gasteiger partial charge in [0.1, 0.15) is 0 Å². The fourth-order valence-corrected chi connectivity index (χ4v) is 1.99. The summed E-state index contributed by atoms with van der Waals surface area (Å²) in [5.74, 6) is 0. The standard InChI is InChI=1S/C6H6BrIN2S/c7-4-1-2-5(9)6(3-4)10-11-8/h1-3,10H,9H2. The lowest BCUT2D eigenvalue weighted by molar-refractivity contribution is 1.62. The molecule has 3 N–H and O–H groups in total. The smallest absolute Gasteiger partial charge is 0.0690 e. The van der Waals surface area contributed by atoms with E-state index in [1.807, 2.05) is 18.2 Å². The molecule has 0 aliphatic carbocycles. The first-order chi connectivity index (χ1) is 5.24. The fourth-order valence-electron chi connectivity index (χ4n) is 0.658. The lowest BCUT2D eigenvalue weighted by Gasteiger charge is -2.04. The molecule has 2 nitrogen and oxygen atoms in total. The summed E-state index contributed by atoms with van der Waals surface area (Å²) >= 11 is 5.51. The van der Waals surface area contributed by atoms with Crippen molar-refractivity contribution in [1.82, 2.24) is 0 Å². The monoisotopic (exact) mass is 344 g/mol. The molecule has 0 saturated heterocycles. The SMILES string of the molecule is Nc1ccc(Br)cc1NSI. The van der Waals surface area contributed by atoms with Gasteiger partial charge in [-0.2, -0.15) is 0 Å². The molecule has 0 aliphatic rings. The molecular weight excluding hydrogens is 339 g/mol. The first-order valence-electron chi connectivity index (χ1n) is 2.82. The Balaban J connectivity index is 2.93. The van der Waals surface area contributed by atoms with Crippen molar-refractivity contribution in [3.63, 3.8) is 0 Å². The first kappa shape index (κ1) is 9.47. The van der Waals surface area contributed by atoms with Gasteiger partial charge in [-0.25, -0.2) is 0 Å². The average molecular weight is 345 g/mol. The second-order valence-corrected chi connectivity index (χ2v) is 4.51. The molecule has 1 aromatic rings. The second-order valence-electron chi connectivity index (χ2n) is 1.91. The Morgan fingerprint density at radius 1 is 1.55 bits per heavy atom. The van der Waals surface area contributed by atoms with Crippen LogP contribution in [0.2, 0.25) is 0 Å². The van der Waals surface area contributed by atoms with E-state index in [1.165, 1.54) is 9.12 Å². The minimum absolute atomic E-state index is 0.761. The Bertz CT molecular complexity index is 256. The summed E-state index contributed by atoms with van der Waals surface area (Å²) in [6, 6.07) is 5.72. The van der Waals surface area contributed by atoms with Crippen LogP contribution in [-0.4, -0.2) is 0 Å². The molecule has 0 unspecified atom stereocenters. The van der Waals surface area contributed by atoms with Crippen LogP contribution in [0.1, 0.15) is 0 Å². The lowest BCUT2D eigenvalue weighted by atomic mass is 10.3. The van der Waals surface area contributed by atoms with E-state index in [-0.39, 0.29) is 0 Å². The van der Waals surface area contributed by atoms with E-state index in [0.717, 1.165) is 15.8 Å². The van der Waals surface area contributed by atoms with Gasteiger partial charge < -0.3 is 10.5 Å². The maximum absolute atomic E-state index is 5.68. The predicted molar refractivity (Wildman–Crippen MR) is 63.8 cm³/mol. The van der Waals surface area contributed by atoms with Crippen molar-refractivity contribution in [2.45, 2.75) is 0 Å². The average Bonchev–Trinajstić information content (AvgIpc) is 1.98. The van der Waals surface area contributed by atoms with E-state index in [1.54, 1.807) is 0 Å². The summed E-state index contributed by atoms with van der Waals surface area (Å²) in [5.41, 5.74) is 7.38. The van der Waals surface area contributed by atoms with Crippen LogP contribution in [0.4, 0.5) is 11.4 Å². The number of anilines is 2. The molecule has 0 saturated carbocycles. The number of hydrogen-bond donors (Lipinski definition) is 2. The van der Waals surface area contributed by atoms with Gasteiger partial charge in [-0.05, 0) is 18.2 Å². The number of rotatable bonds is 2. The maximum Gasteiger partial charge on any atom is 0.0690 e. The van der Waals surface area contributed by atoms with Crippen molar-refractivity contribution in [3.05, 3.63) is 22.7 Å². The van der Waals surface area contributed by atoms with Gasteiger partial charge in [-0.3, -0.25) is 0 Å². The third-order valence-electron chi connectivity index (χ3n) is 1.16. The van der Waals surface area contributed by atoms with Crippen molar-refractivity contribution in [2.75, 3.05) is 10.5 Å². The van der Waals surface area contributed by atoms with E-state index in [9.17, 15) is 0 Å². The van der Waals surface area contributed by atoms with Gasteiger partial charge in [-0.1, -0.05) is 15.9 Å². The number of nitrogens with one attached hydrogen (secondary N) is 1. The predicted octanol–water partition coefficient (Wildman–Crippen LogP) is 3.44. The molecule has 11 heavy (non-hydrogen) atoms. The number of nitrogens with two attached hydrogens (primary N) is 1. The topological polar surface area (TPSA) is 38.0 Å². The molecule has 0 amide bonds. The zero-order valence-electron chi connectivity index (χ0n) is 5.47. The molecule has 0 heterocycles. The van der Waals surface area contributed by atoms with Gasteiger partial charge in [0.05, 0.1) is 11.4 Å². The number of hydrogen-bond acceptors (Lipinski definition) is 3. The molecule has 0 aromatic heterocycles. The molecule has 0 atom stereocenters. The van der Waals surface area contributed by atoms with E-state index in [4.69, 9.17) is 5.73 Å². The fraction of sp³-hybridized carbons (Fsp3) is 0. The molecule has 60 valence electrons. The lowest BCUT2D eigenvalue weighted by Crippen LogP contribution is -1.91. The molecule has 0 bridgehead atoms. The third kappa shape index (κ3) is 2.72. The van der Waals surface area contributed by atoms with Crippen LogP contribution in [0.15, 0.2) is 22.7 Å². The minimum Gasteiger partial charge on any atom is -0.397 e. The zero-order valence-corrected chi connectivity index (χ0v) is 10.0. The molecule has 0 spiro atoms. The van der Waals surface area contributed by atoms with Gasteiger partial charge >= 0.3 is 0 Å². The Morgan fingerprint density at radius 3 is 2.91 bits per heavy atom. The first-order valence-corrected chi connectivity index (χ1v) is 6.98. The largest absolute Gasteiger partial charge is 0.397 e. The second kappa shape index (κ2) is 4.42. The highest BCUT2D eigenvalue weighted by Gasteiger charge is 1.97. The van der Waals surface area contributed by atoms with Gasteiger partial charge in [0.25, 0.3) is 0 Å². The number of benzene rings is 1. The van der Waals surface area contributed by atoms with E-state index < -0.39 is 0 Å². The highest BCUT2D eigenvalue weighted by atomic mass is 127. The van der Waals surface area contributed by atoms with Gasteiger partial charge in [0, 0.05) is 34.8 Å². The highest BCUT2D eigenvalue weighted by Crippen LogP contribution is 2.27. The van der Waals surface area contributed by atoms with E-state index >= 15 is 0 Å². The van der Waals surface area contributed by atoms with Crippen molar-refractivity contribution in [2.24, 2.45) is 0 Å². The summed E-state index contributed by atoms with van der Waals surface area (Å²) in [6.45, 7) is 0. The van der Waals surface area contributed by atoms with Crippen LogP contribution in [0, 0.1) is 0 Å². The summed E-state index contributed by atoms with van der Waals surface area (Å²) in [7, 11) is 1.50. The van der Waals surface area contributed by atoms with Crippen LogP contribution in [0.5, 0.6) is 0 Å². The normalized spacial score (nSPS) is 9.64. The van der Waals surface area contributed by atoms with Crippen molar-refractivity contribution < 1.29 is 0 Å².